The van der Waals surface area contributed by atoms with E-state index in [1.807, 2.05) is 20.8 Å². The Balaban J connectivity index is 3.07. The average Bonchev–Trinajstić information content (AvgIpc) is 3.38. The van der Waals surface area contributed by atoms with E-state index in [1.54, 1.807) is 0 Å². The smallest absolute Gasteiger partial charge is 0.249 e. The van der Waals surface area contributed by atoms with E-state index < -0.39 is 72.3 Å². The third-order valence-corrected chi connectivity index (χ3v) is 7.03. The molecular formula is C25H47N8O7+. The Labute approximate surface area is 234 Å². The van der Waals surface area contributed by atoms with E-state index in [1.165, 1.54) is 18.7 Å². The molecule has 0 radical (unpaired) electrons. The summed E-state index contributed by atoms with van der Waals surface area (Å²) in [6, 6.07) is -4.08. The zero-order valence-corrected chi connectivity index (χ0v) is 24.1. The van der Waals surface area contributed by atoms with E-state index >= 15 is 0 Å². The van der Waals surface area contributed by atoms with Gasteiger partial charge < -0.3 is 41.9 Å². The Kier molecular flexibility index (Phi) is 13.8. The molecule has 0 saturated carbocycles. The number of hydrogen-bond donors (Lipinski definition) is 8. The van der Waals surface area contributed by atoms with Gasteiger partial charge in [-0.1, -0.05) is 33.6 Å². The molecule has 0 aromatic rings. The Bertz CT molecular complexity index is 936. The van der Waals surface area contributed by atoms with Gasteiger partial charge in [0.05, 0.1) is 18.2 Å². The summed E-state index contributed by atoms with van der Waals surface area (Å²) in [4.78, 5) is 55.7. The monoisotopic (exact) mass is 571 g/mol. The van der Waals surface area contributed by atoms with Gasteiger partial charge in [0.1, 0.15) is 28.8 Å². The molecule has 0 aromatic heterocycles. The highest BCUT2D eigenvalue weighted by Crippen LogP contribution is 2.25. The first-order chi connectivity index (χ1) is 18.6. The maximum Gasteiger partial charge on any atom is 0.249 e. The molecule has 0 aromatic carbocycles. The van der Waals surface area contributed by atoms with Gasteiger partial charge in [-0.15, -0.1) is 0 Å². The van der Waals surface area contributed by atoms with Crippen molar-refractivity contribution in [3.63, 3.8) is 0 Å². The maximum atomic E-state index is 13.4. The van der Waals surface area contributed by atoms with Gasteiger partial charge in [0.25, 0.3) is 0 Å². The third-order valence-electron chi connectivity index (χ3n) is 7.03. The molecule has 5 atom stereocenters. The lowest BCUT2D eigenvalue weighted by Gasteiger charge is -2.43. The van der Waals surface area contributed by atoms with E-state index in [0.717, 1.165) is 6.42 Å². The van der Waals surface area contributed by atoms with Crippen LogP contribution in [0, 0.1) is 11.4 Å². The number of hydrogen-bond acceptors (Lipinski definition) is 10. The highest BCUT2D eigenvalue weighted by molar-refractivity contribution is 5.94. The maximum absolute atomic E-state index is 13.4. The van der Waals surface area contributed by atoms with Crippen LogP contribution in [0.25, 0.3) is 0 Å². The second-order valence-electron chi connectivity index (χ2n) is 11.1. The summed E-state index contributed by atoms with van der Waals surface area (Å²) in [7, 11) is 0. The molecule has 1 fully saturated rings. The summed E-state index contributed by atoms with van der Waals surface area (Å²) in [5, 5.41) is 42.4. The van der Waals surface area contributed by atoms with Crippen molar-refractivity contribution in [2.24, 2.45) is 16.8 Å². The number of carbonyl (C=O) groups excluding carboxylic acids is 4. The molecule has 1 rings (SSSR count). The topological polar surface area (TPSA) is 245 Å². The minimum atomic E-state index is -2.65. The minimum absolute atomic E-state index is 0.0715. The van der Waals surface area contributed by atoms with Crippen molar-refractivity contribution in [3.05, 3.63) is 0 Å². The number of aliphatic hydroxyl groups is 3. The fourth-order valence-electron chi connectivity index (χ4n) is 4.53. The van der Waals surface area contributed by atoms with Crippen LogP contribution in [0.3, 0.4) is 0 Å². The van der Waals surface area contributed by atoms with Crippen LogP contribution in [0.4, 0.5) is 0 Å². The lowest BCUT2D eigenvalue weighted by Crippen LogP contribution is -2.71. The van der Waals surface area contributed by atoms with Crippen LogP contribution in [-0.4, -0.2) is 99.0 Å². The zero-order chi connectivity index (χ0) is 30.7. The molecule has 4 amide bonds. The first-order valence-electron chi connectivity index (χ1n) is 13.7. The number of aliphatic hydroxyl groups excluding tert-OH is 1. The Morgan fingerprint density at radius 2 is 1.82 bits per heavy atom. The number of amides is 4. The van der Waals surface area contributed by atoms with Crippen LogP contribution in [0.1, 0.15) is 73.1 Å². The first kappa shape index (κ1) is 35.1. The van der Waals surface area contributed by atoms with Crippen LogP contribution in [0.15, 0.2) is 5.11 Å². The molecule has 0 bridgehead atoms. The molecule has 15 nitrogen and oxygen atoms in total. The standard InChI is InChI=1S/C25H46N8O7/c1-6-7-9-17(21(36)31-19(12-15(2)3)25(39,40)24(5,26)14-34)30-22(37)18-10-8-11-33(18)23(38)16(4)29-20(35)13-28-32-27/h15-19,27,34,39-40H,6-14,26H2,1-5H3,(H2-,29,30,31,35,36,37)/p+1/t16-,17-,18-,19-,24-/m0/s1. The van der Waals surface area contributed by atoms with Crippen LogP contribution in [0.5, 0.6) is 0 Å². The summed E-state index contributed by atoms with van der Waals surface area (Å²) < 4.78 is 0. The number of nitrogens with one attached hydrogen (secondary N) is 4. The average molecular weight is 572 g/mol. The number of rotatable bonds is 16. The highest BCUT2D eigenvalue weighted by atomic mass is 16.5. The van der Waals surface area contributed by atoms with E-state index in [0.29, 0.717) is 25.8 Å². The van der Waals surface area contributed by atoms with Crippen molar-refractivity contribution < 1.29 is 34.5 Å². The predicted octanol–water partition coefficient (Wildman–Crippen LogP) is -1.37. The van der Waals surface area contributed by atoms with Crippen molar-refractivity contribution in [3.8, 4) is 0 Å². The summed E-state index contributed by atoms with van der Waals surface area (Å²) in [5.41, 5.74) is 10.7. The van der Waals surface area contributed by atoms with Crippen molar-refractivity contribution in [2.75, 3.05) is 19.7 Å². The van der Waals surface area contributed by atoms with Crippen molar-refractivity contribution in [2.45, 2.75) is 109 Å². The molecule has 1 aliphatic heterocycles. The minimum Gasteiger partial charge on any atom is -0.394 e. The summed E-state index contributed by atoms with van der Waals surface area (Å²) in [5.74, 6) is -4.98. The molecule has 1 heterocycles. The van der Waals surface area contributed by atoms with Gasteiger partial charge in [0, 0.05) is 6.54 Å². The van der Waals surface area contributed by atoms with E-state index in [9.17, 15) is 34.5 Å². The van der Waals surface area contributed by atoms with Crippen molar-refractivity contribution in [1.29, 1.82) is 5.53 Å². The Morgan fingerprint density at radius 3 is 2.38 bits per heavy atom. The van der Waals surface area contributed by atoms with Gasteiger partial charge >= 0.3 is 0 Å². The number of nitrogens with two attached hydrogens (primary N) is 1. The lowest BCUT2D eigenvalue weighted by atomic mass is 9.83. The second-order valence-corrected chi connectivity index (χ2v) is 11.1. The molecular weight excluding hydrogens is 524 g/mol. The van der Waals surface area contributed by atoms with Crippen LogP contribution in [-0.2, 0) is 19.2 Å². The molecule has 9 N–H and O–H groups in total. The van der Waals surface area contributed by atoms with E-state index in [-0.39, 0.29) is 18.8 Å². The van der Waals surface area contributed by atoms with Crippen molar-refractivity contribution in [1.82, 2.24) is 25.8 Å². The quantitative estimate of drug-likeness (QED) is 0.0622. The summed E-state index contributed by atoms with van der Waals surface area (Å²) in [6.07, 6.45) is 2.64. The zero-order valence-electron chi connectivity index (χ0n) is 24.1. The van der Waals surface area contributed by atoms with Crippen LogP contribution >= 0.6 is 0 Å². The molecule has 1 aliphatic rings. The van der Waals surface area contributed by atoms with Gasteiger partial charge in [-0.25, -0.2) is 0 Å². The molecule has 1 saturated heterocycles. The van der Waals surface area contributed by atoms with Gasteiger partial charge in [0.15, 0.2) is 0 Å². The molecule has 0 spiro atoms. The van der Waals surface area contributed by atoms with Crippen molar-refractivity contribution >= 4 is 23.6 Å². The highest BCUT2D eigenvalue weighted by Gasteiger charge is 2.50. The Morgan fingerprint density at radius 1 is 1.18 bits per heavy atom. The van der Waals surface area contributed by atoms with Gasteiger partial charge in [-0.05, 0) is 45.4 Å². The fraction of sp³-hybridized carbons (Fsp3) is 0.840. The number of carbonyl (C=O) groups is 4. The number of likely N-dealkylation sites (tertiary alicyclic amines) is 1. The molecule has 40 heavy (non-hydrogen) atoms. The third kappa shape index (κ3) is 9.59. The molecule has 228 valence electrons. The second kappa shape index (κ2) is 15.7. The predicted molar refractivity (Wildman–Crippen MR) is 144 cm³/mol. The summed E-state index contributed by atoms with van der Waals surface area (Å²) >= 11 is 0. The molecule has 15 heteroatoms. The Hall–Kier alpha value is -2.97. The number of unbranched alkanes of at least 4 members (excludes halogenated alkanes) is 1. The van der Waals surface area contributed by atoms with Crippen LogP contribution in [0.2, 0.25) is 0 Å². The molecule has 0 aliphatic carbocycles. The SMILES string of the molecule is CCCC[C@H](NC(=O)[C@@H]1CCCN1C(=O)[C@H](C)NC(=O)CN=[N+]=N)C(=O)N[C@@H](CC(C)C)C(O)(O)[C@@](C)(N)CO. The fourth-order valence-corrected chi connectivity index (χ4v) is 4.53. The van der Waals surface area contributed by atoms with Gasteiger partial charge in [0.2, 0.25) is 40.9 Å². The van der Waals surface area contributed by atoms with E-state index in [2.05, 4.69) is 26.0 Å². The van der Waals surface area contributed by atoms with Gasteiger partial charge in [-0.3, -0.25) is 19.2 Å². The first-order valence-corrected chi connectivity index (χ1v) is 13.7. The van der Waals surface area contributed by atoms with Crippen LogP contribution < -0.4 is 26.6 Å². The molecule has 0 unspecified atom stereocenters. The summed E-state index contributed by atoms with van der Waals surface area (Å²) in [6.45, 7) is 7.45. The normalized spacial score (nSPS) is 19.1. The van der Waals surface area contributed by atoms with Gasteiger partial charge in [-0.2, -0.15) is 0 Å². The largest absolute Gasteiger partial charge is 0.394 e. The number of nitrogens with zero attached hydrogens (tertiary/aromatic N) is 3. The van der Waals surface area contributed by atoms with E-state index in [4.69, 9.17) is 11.3 Å². The lowest BCUT2D eigenvalue weighted by molar-refractivity contribution is -0.234.